The lowest BCUT2D eigenvalue weighted by molar-refractivity contribution is 0.270. The van der Waals surface area contributed by atoms with Crippen molar-refractivity contribution in [3.63, 3.8) is 0 Å². The summed E-state index contributed by atoms with van der Waals surface area (Å²) in [5, 5.41) is 3.52. The summed E-state index contributed by atoms with van der Waals surface area (Å²) in [4.78, 5) is 6.59. The minimum atomic E-state index is 0.494. The van der Waals surface area contributed by atoms with Gasteiger partial charge in [-0.15, -0.1) is 0 Å². The predicted octanol–water partition coefficient (Wildman–Crippen LogP) is 2.66. The molecule has 0 aliphatic carbocycles. The number of hydrogen-bond donors (Lipinski definition) is 1. The number of aromatic nitrogens is 1. The van der Waals surface area contributed by atoms with Gasteiger partial charge in [-0.1, -0.05) is 13.8 Å². The van der Waals surface area contributed by atoms with E-state index >= 15 is 0 Å². The SMILES string of the molecule is CCN(CC)CC(C)NCc1cncc(Br)c1. The molecule has 0 saturated carbocycles. The van der Waals surface area contributed by atoms with E-state index in [1.165, 1.54) is 5.56 Å². The molecule has 96 valence electrons. The summed E-state index contributed by atoms with van der Waals surface area (Å²) in [5.74, 6) is 0. The van der Waals surface area contributed by atoms with Crippen LogP contribution in [0.5, 0.6) is 0 Å². The van der Waals surface area contributed by atoms with E-state index in [9.17, 15) is 0 Å². The topological polar surface area (TPSA) is 28.2 Å². The van der Waals surface area contributed by atoms with Gasteiger partial charge in [0, 0.05) is 36.0 Å². The van der Waals surface area contributed by atoms with E-state index in [0.29, 0.717) is 6.04 Å². The average molecular weight is 300 g/mol. The fraction of sp³-hybridized carbons (Fsp3) is 0.615. The Morgan fingerprint density at radius 2 is 2.06 bits per heavy atom. The number of nitrogens with one attached hydrogen (secondary N) is 1. The number of likely N-dealkylation sites (N-methyl/N-ethyl adjacent to an activating group) is 1. The minimum Gasteiger partial charge on any atom is -0.309 e. The highest BCUT2D eigenvalue weighted by Crippen LogP contribution is 2.09. The molecule has 0 aliphatic rings. The summed E-state index contributed by atoms with van der Waals surface area (Å²) in [5.41, 5.74) is 1.21. The first kappa shape index (κ1) is 14.6. The smallest absolute Gasteiger partial charge is 0.0410 e. The first-order chi connectivity index (χ1) is 8.15. The maximum absolute atomic E-state index is 4.16. The van der Waals surface area contributed by atoms with Crippen molar-refractivity contribution in [2.45, 2.75) is 33.4 Å². The molecule has 1 aromatic heterocycles. The van der Waals surface area contributed by atoms with Gasteiger partial charge < -0.3 is 10.2 Å². The standard InChI is InChI=1S/C13H22BrN3/c1-4-17(5-2)10-11(3)16-8-12-6-13(14)9-15-7-12/h6-7,9,11,16H,4-5,8,10H2,1-3H3. The van der Waals surface area contributed by atoms with Crippen LogP contribution in [0.15, 0.2) is 22.9 Å². The van der Waals surface area contributed by atoms with Crippen LogP contribution in [0.2, 0.25) is 0 Å². The Balaban J connectivity index is 2.35. The highest BCUT2D eigenvalue weighted by atomic mass is 79.9. The van der Waals surface area contributed by atoms with E-state index in [2.05, 4.69) is 58.0 Å². The van der Waals surface area contributed by atoms with Gasteiger partial charge in [-0.05, 0) is 47.6 Å². The second kappa shape index (κ2) is 7.80. The van der Waals surface area contributed by atoms with Gasteiger partial charge in [0.05, 0.1) is 0 Å². The van der Waals surface area contributed by atoms with Gasteiger partial charge in [0.1, 0.15) is 0 Å². The van der Waals surface area contributed by atoms with Crippen LogP contribution < -0.4 is 5.32 Å². The van der Waals surface area contributed by atoms with E-state index < -0.39 is 0 Å². The molecule has 1 aromatic rings. The Morgan fingerprint density at radius 3 is 2.65 bits per heavy atom. The number of hydrogen-bond acceptors (Lipinski definition) is 3. The zero-order chi connectivity index (χ0) is 12.7. The number of rotatable bonds is 7. The highest BCUT2D eigenvalue weighted by Gasteiger charge is 2.06. The van der Waals surface area contributed by atoms with E-state index in [4.69, 9.17) is 0 Å². The van der Waals surface area contributed by atoms with E-state index in [0.717, 1.165) is 30.7 Å². The fourth-order valence-electron chi connectivity index (χ4n) is 1.78. The molecule has 0 radical (unpaired) electrons. The summed E-state index contributed by atoms with van der Waals surface area (Å²) in [6.45, 7) is 10.8. The number of halogens is 1. The van der Waals surface area contributed by atoms with Gasteiger partial charge in [0.15, 0.2) is 0 Å². The molecular weight excluding hydrogens is 278 g/mol. The van der Waals surface area contributed by atoms with Crippen LogP contribution in [-0.2, 0) is 6.54 Å². The van der Waals surface area contributed by atoms with Crippen molar-refractivity contribution in [1.82, 2.24) is 15.2 Å². The largest absolute Gasteiger partial charge is 0.309 e. The number of nitrogens with zero attached hydrogens (tertiary/aromatic N) is 2. The molecule has 1 atom stereocenters. The van der Waals surface area contributed by atoms with Gasteiger partial charge >= 0.3 is 0 Å². The Kier molecular flexibility index (Phi) is 6.70. The zero-order valence-electron chi connectivity index (χ0n) is 10.9. The van der Waals surface area contributed by atoms with Crippen LogP contribution in [0.3, 0.4) is 0 Å². The molecule has 1 rings (SSSR count). The van der Waals surface area contributed by atoms with Crippen LogP contribution >= 0.6 is 15.9 Å². The van der Waals surface area contributed by atoms with E-state index in [1.807, 2.05) is 12.4 Å². The van der Waals surface area contributed by atoms with Crippen LogP contribution in [0.1, 0.15) is 26.3 Å². The molecule has 0 bridgehead atoms. The van der Waals surface area contributed by atoms with Crippen molar-refractivity contribution in [1.29, 1.82) is 0 Å². The highest BCUT2D eigenvalue weighted by molar-refractivity contribution is 9.10. The molecule has 1 N–H and O–H groups in total. The molecule has 0 fully saturated rings. The molecular formula is C13H22BrN3. The molecule has 0 aliphatic heterocycles. The van der Waals surface area contributed by atoms with Crippen molar-refractivity contribution in [2.75, 3.05) is 19.6 Å². The Bertz CT molecular complexity index is 326. The molecule has 0 amide bonds. The van der Waals surface area contributed by atoms with Crippen molar-refractivity contribution < 1.29 is 0 Å². The summed E-state index contributed by atoms with van der Waals surface area (Å²) in [6, 6.07) is 2.60. The molecule has 3 nitrogen and oxygen atoms in total. The van der Waals surface area contributed by atoms with Crippen LogP contribution in [0.25, 0.3) is 0 Å². The normalized spacial score (nSPS) is 13.0. The van der Waals surface area contributed by atoms with Gasteiger partial charge in [-0.25, -0.2) is 0 Å². The van der Waals surface area contributed by atoms with Crippen molar-refractivity contribution in [3.8, 4) is 0 Å². The summed E-state index contributed by atoms with van der Waals surface area (Å²) in [6.07, 6.45) is 3.71. The fourth-order valence-corrected chi connectivity index (χ4v) is 2.19. The minimum absolute atomic E-state index is 0.494. The molecule has 1 unspecified atom stereocenters. The van der Waals surface area contributed by atoms with Gasteiger partial charge in [-0.3, -0.25) is 4.98 Å². The van der Waals surface area contributed by atoms with Crippen molar-refractivity contribution in [3.05, 3.63) is 28.5 Å². The maximum atomic E-state index is 4.16. The lowest BCUT2D eigenvalue weighted by Crippen LogP contribution is -2.38. The van der Waals surface area contributed by atoms with Crippen molar-refractivity contribution in [2.24, 2.45) is 0 Å². The molecule has 0 saturated heterocycles. The molecule has 0 aromatic carbocycles. The van der Waals surface area contributed by atoms with E-state index in [-0.39, 0.29) is 0 Å². The van der Waals surface area contributed by atoms with Crippen LogP contribution in [0, 0.1) is 0 Å². The Hall–Kier alpha value is -0.450. The second-order valence-corrected chi connectivity index (χ2v) is 5.19. The van der Waals surface area contributed by atoms with Crippen molar-refractivity contribution >= 4 is 15.9 Å². The summed E-state index contributed by atoms with van der Waals surface area (Å²) < 4.78 is 1.04. The third kappa shape index (κ3) is 5.61. The predicted molar refractivity (Wildman–Crippen MR) is 76.0 cm³/mol. The molecule has 0 spiro atoms. The number of pyridine rings is 1. The third-order valence-corrected chi connectivity index (χ3v) is 3.28. The summed E-state index contributed by atoms with van der Waals surface area (Å²) in [7, 11) is 0. The van der Waals surface area contributed by atoms with Crippen LogP contribution in [-0.4, -0.2) is 35.6 Å². The zero-order valence-corrected chi connectivity index (χ0v) is 12.5. The first-order valence-electron chi connectivity index (χ1n) is 6.20. The monoisotopic (exact) mass is 299 g/mol. The van der Waals surface area contributed by atoms with Gasteiger partial charge in [0.2, 0.25) is 0 Å². The lowest BCUT2D eigenvalue weighted by Gasteiger charge is -2.23. The second-order valence-electron chi connectivity index (χ2n) is 4.28. The molecule has 1 heterocycles. The Labute approximate surface area is 113 Å². The average Bonchev–Trinajstić information content (AvgIpc) is 2.33. The lowest BCUT2D eigenvalue weighted by atomic mass is 10.2. The summed E-state index contributed by atoms with van der Waals surface area (Å²) >= 11 is 3.43. The van der Waals surface area contributed by atoms with Gasteiger partial charge in [-0.2, -0.15) is 0 Å². The van der Waals surface area contributed by atoms with Gasteiger partial charge in [0.25, 0.3) is 0 Å². The Morgan fingerprint density at radius 1 is 1.35 bits per heavy atom. The molecule has 4 heteroatoms. The maximum Gasteiger partial charge on any atom is 0.0410 e. The quantitative estimate of drug-likeness (QED) is 0.839. The third-order valence-electron chi connectivity index (χ3n) is 2.84. The van der Waals surface area contributed by atoms with E-state index in [1.54, 1.807) is 0 Å². The molecule has 17 heavy (non-hydrogen) atoms. The first-order valence-corrected chi connectivity index (χ1v) is 7.00. The van der Waals surface area contributed by atoms with Crippen LogP contribution in [0.4, 0.5) is 0 Å².